The molecule has 0 aliphatic rings. The zero-order valence-electron chi connectivity index (χ0n) is 13.6. The van der Waals surface area contributed by atoms with Crippen molar-refractivity contribution in [3.63, 3.8) is 0 Å². The summed E-state index contributed by atoms with van der Waals surface area (Å²) in [7, 11) is 0. The molecular weight excluding hydrogens is 377 g/mol. The summed E-state index contributed by atoms with van der Waals surface area (Å²) in [5, 5.41) is 10.9. The molecule has 0 fully saturated rings. The Morgan fingerprint density at radius 3 is 2.54 bits per heavy atom. The molecule has 1 heterocycles. The van der Waals surface area contributed by atoms with Crippen LogP contribution in [0.5, 0.6) is 0 Å². The molecule has 1 N–H and O–H groups in total. The van der Waals surface area contributed by atoms with Crippen molar-refractivity contribution in [1.29, 1.82) is 0 Å². The Bertz CT molecular complexity index is 935. The van der Waals surface area contributed by atoms with Crippen LogP contribution in [-0.4, -0.2) is 17.5 Å². The SMILES string of the molecule is Cc1onc(-c2c(Cl)cccc2Cl)c1NC(=O)ON=Cc1ccccc1. The van der Waals surface area contributed by atoms with Crippen molar-refractivity contribution in [2.75, 3.05) is 5.32 Å². The smallest absolute Gasteiger partial charge is 0.359 e. The Morgan fingerprint density at radius 1 is 1.15 bits per heavy atom. The number of carbonyl (C=O) groups excluding carboxylic acids is 1. The molecule has 0 unspecified atom stereocenters. The molecule has 132 valence electrons. The van der Waals surface area contributed by atoms with E-state index in [1.165, 1.54) is 6.21 Å². The van der Waals surface area contributed by atoms with E-state index >= 15 is 0 Å². The van der Waals surface area contributed by atoms with E-state index in [-0.39, 0.29) is 0 Å². The summed E-state index contributed by atoms with van der Waals surface area (Å²) in [6.07, 6.45) is 0.624. The highest BCUT2D eigenvalue weighted by Gasteiger charge is 2.21. The second kappa shape index (κ2) is 8.03. The molecule has 2 aromatic carbocycles. The molecule has 0 aliphatic carbocycles. The van der Waals surface area contributed by atoms with Gasteiger partial charge in [0.05, 0.1) is 16.3 Å². The maximum absolute atomic E-state index is 12.0. The third kappa shape index (κ3) is 4.04. The first-order valence-corrected chi connectivity index (χ1v) is 8.29. The van der Waals surface area contributed by atoms with Gasteiger partial charge in [0, 0.05) is 5.56 Å². The summed E-state index contributed by atoms with van der Waals surface area (Å²) in [6.45, 7) is 1.64. The molecule has 0 aliphatic heterocycles. The Kier molecular flexibility index (Phi) is 5.55. The van der Waals surface area contributed by atoms with Gasteiger partial charge in [-0.1, -0.05) is 69.9 Å². The predicted octanol–water partition coefficient (Wildman–Crippen LogP) is 5.54. The van der Waals surface area contributed by atoms with Crippen molar-refractivity contribution < 1.29 is 14.2 Å². The largest absolute Gasteiger partial charge is 0.438 e. The zero-order valence-corrected chi connectivity index (χ0v) is 15.1. The average Bonchev–Trinajstić information content (AvgIpc) is 2.96. The number of nitrogens with one attached hydrogen (secondary N) is 1. The lowest BCUT2D eigenvalue weighted by Gasteiger charge is -2.07. The molecule has 0 atom stereocenters. The van der Waals surface area contributed by atoms with Crippen LogP contribution in [0.3, 0.4) is 0 Å². The minimum atomic E-state index is -0.798. The van der Waals surface area contributed by atoms with E-state index in [4.69, 9.17) is 32.6 Å². The van der Waals surface area contributed by atoms with Crippen LogP contribution in [0.25, 0.3) is 11.3 Å². The van der Waals surface area contributed by atoms with Gasteiger partial charge in [-0.3, -0.25) is 10.2 Å². The molecule has 8 heteroatoms. The Hall–Kier alpha value is -2.83. The molecule has 0 radical (unpaired) electrons. The molecule has 1 aromatic heterocycles. The van der Waals surface area contributed by atoms with Gasteiger partial charge in [-0.25, -0.2) is 4.79 Å². The second-order valence-electron chi connectivity index (χ2n) is 5.21. The molecule has 0 saturated heterocycles. The van der Waals surface area contributed by atoms with Crippen LogP contribution in [0.15, 0.2) is 58.2 Å². The third-order valence-electron chi connectivity index (χ3n) is 3.43. The Balaban J connectivity index is 1.77. The first-order valence-electron chi connectivity index (χ1n) is 7.53. The second-order valence-corrected chi connectivity index (χ2v) is 6.02. The van der Waals surface area contributed by atoms with E-state index in [2.05, 4.69) is 15.6 Å². The van der Waals surface area contributed by atoms with Crippen molar-refractivity contribution in [2.24, 2.45) is 5.16 Å². The topological polar surface area (TPSA) is 76.7 Å². The number of nitrogens with zero attached hydrogens (tertiary/aromatic N) is 2. The fourth-order valence-electron chi connectivity index (χ4n) is 2.21. The standard InChI is InChI=1S/C18H13Cl2N3O3/c1-11-16(17(23-25-11)15-13(19)8-5-9-14(15)20)22-18(24)26-21-10-12-6-3-2-4-7-12/h2-10H,1H3,(H,22,24). The van der Waals surface area contributed by atoms with Gasteiger partial charge in [0.1, 0.15) is 11.4 Å². The van der Waals surface area contributed by atoms with Crippen molar-refractivity contribution in [1.82, 2.24) is 5.16 Å². The van der Waals surface area contributed by atoms with Crippen LogP contribution >= 0.6 is 23.2 Å². The quantitative estimate of drug-likeness (QED) is 0.361. The van der Waals surface area contributed by atoms with Crippen molar-refractivity contribution in [2.45, 2.75) is 6.92 Å². The van der Waals surface area contributed by atoms with Crippen LogP contribution in [-0.2, 0) is 4.84 Å². The van der Waals surface area contributed by atoms with Crippen LogP contribution in [0.2, 0.25) is 10.0 Å². The first-order chi connectivity index (χ1) is 12.6. The number of hydrogen-bond acceptors (Lipinski definition) is 5. The first kappa shape index (κ1) is 18.0. The van der Waals surface area contributed by atoms with Gasteiger partial charge in [-0.15, -0.1) is 0 Å². The lowest BCUT2D eigenvalue weighted by molar-refractivity contribution is 0.167. The van der Waals surface area contributed by atoms with Crippen LogP contribution in [0.4, 0.5) is 10.5 Å². The van der Waals surface area contributed by atoms with Crippen molar-refractivity contribution >= 4 is 41.2 Å². The Labute approximate surface area is 159 Å². The summed E-state index contributed by atoms with van der Waals surface area (Å²) in [5.74, 6) is 0.375. The number of amides is 1. The van der Waals surface area contributed by atoms with Crippen molar-refractivity contribution in [3.8, 4) is 11.3 Å². The molecule has 0 bridgehead atoms. The van der Waals surface area contributed by atoms with Gasteiger partial charge >= 0.3 is 6.09 Å². The number of oxime groups is 1. The maximum Gasteiger partial charge on any atom is 0.438 e. The van der Waals surface area contributed by atoms with E-state index in [1.54, 1.807) is 25.1 Å². The van der Waals surface area contributed by atoms with Gasteiger partial charge in [0.2, 0.25) is 0 Å². The molecule has 3 rings (SSSR count). The number of halogens is 2. The highest BCUT2D eigenvalue weighted by Crippen LogP contribution is 2.39. The summed E-state index contributed by atoms with van der Waals surface area (Å²) in [6, 6.07) is 14.3. The Morgan fingerprint density at radius 2 is 1.85 bits per heavy atom. The van der Waals surface area contributed by atoms with Crippen LogP contribution in [0.1, 0.15) is 11.3 Å². The number of aryl methyl sites for hydroxylation is 1. The van der Waals surface area contributed by atoms with Gasteiger partial charge in [0.15, 0.2) is 5.76 Å². The van der Waals surface area contributed by atoms with E-state index in [0.717, 1.165) is 5.56 Å². The highest BCUT2D eigenvalue weighted by atomic mass is 35.5. The van der Waals surface area contributed by atoms with Crippen molar-refractivity contribution in [3.05, 3.63) is 69.9 Å². The molecule has 0 saturated carbocycles. The highest BCUT2D eigenvalue weighted by molar-refractivity contribution is 6.39. The molecule has 1 amide bonds. The predicted molar refractivity (Wildman–Crippen MR) is 101 cm³/mol. The fraction of sp³-hybridized carbons (Fsp3) is 0.0556. The summed E-state index contributed by atoms with van der Waals surface area (Å²) in [5.41, 5.74) is 1.86. The van der Waals surface area contributed by atoms with Crippen LogP contribution in [0, 0.1) is 6.92 Å². The normalized spacial score (nSPS) is 10.9. The minimum Gasteiger partial charge on any atom is -0.359 e. The molecule has 3 aromatic rings. The summed E-state index contributed by atoms with van der Waals surface area (Å²) in [4.78, 5) is 16.8. The minimum absolute atomic E-state index is 0.305. The number of benzene rings is 2. The molecule has 6 nitrogen and oxygen atoms in total. The number of aromatic nitrogens is 1. The van der Waals surface area contributed by atoms with E-state index in [0.29, 0.717) is 32.8 Å². The van der Waals surface area contributed by atoms with E-state index in [9.17, 15) is 4.79 Å². The average molecular weight is 390 g/mol. The lowest BCUT2D eigenvalue weighted by atomic mass is 10.1. The van der Waals surface area contributed by atoms with Gasteiger partial charge in [0.25, 0.3) is 0 Å². The van der Waals surface area contributed by atoms with E-state index in [1.807, 2.05) is 30.3 Å². The number of rotatable bonds is 4. The lowest BCUT2D eigenvalue weighted by Crippen LogP contribution is -2.12. The summed E-state index contributed by atoms with van der Waals surface area (Å²) < 4.78 is 5.16. The monoisotopic (exact) mass is 389 g/mol. The molecular formula is C18H13Cl2N3O3. The van der Waals surface area contributed by atoms with E-state index < -0.39 is 6.09 Å². The molecule has 26 heavy (non-hydrogen) atoms. The number of hydrogen-bond donors (Lipinski definition) is 1. The summed E-state index contributed by atoms with van der Waals surface area (Å²) >= 11 is 12.4. The fourth-order valence-corrected chi connectivity index (χ4v) is 2.79. The number of anilines is 1. The maximum atomic E-state index is 12.0. The molecule has 0 spiro atoms. The van der Waals surface area contributed by atoms with Gasteiger partial charge in [-0.05, 0) is 24.6 Å². The van der Waals surface area contributed by atoms with Crippen LogP contribution < -0.4 is 5.32 Å². The third-order valence-corrected chi connectivity index (χ3v) is 4.06. The van der Waals surface area contributed by atoms with Gasteiger partial charge < -0.3 is 4.52 Å². The number of carbonyl (C=O) groups is 1. The van der Waals surface area contributed by atoms with Gasteiger partial charge in [-0.2, -0.15) is 0 Å². The zero-order chi connectivity index (χ0) is 18.5.